The van der Waals surface area contributed by atoms with Gasteiger partial charge in [0.1, 0.15) is 11.4 Å². The third-order valence-corrected chi connectivity index (χ3v) is 3.26. The molecule has 1 aliphatic heterocycles. The quantitative estimate of drug-likeness (QED) is 0.798. The Morgan fingerprint density at radius 3 is 1.83 bits per heavy atom. The van der Waals surface area contributed by atoms with E-state index in [1.54, 1.807) is 34.5 Å². The molecule has 0 radical (unpaired) electrons. The molecule has 1 aromatic carbocycles. The Morgan fingerprint density at radius 2 is 1.44 bits per heavy atom. The zero-order valence-corrected chi connectivity index (χ0v) is 11.1. The number of benzene rings is 1. The molecule has 2 rings (SSSR count). The predicted octanol–water partition coefficient (Wildman–Crippen LogP) is 1.58. The molecule has 0 aliphatic carbocycles. The summed E-state index contributed by atoms with van der Waals surface area (Å²) in [6.07, 6.45) is 0. The van der Waals surface area contributed by atoms with Gasteiger partial charge in [0.15, 0.2) is 11.5 Å². The van der Waals surface area contributed by atoms with E-state index < -0.39 is 5.60 Å². The summed E-state index contributed by atoms with van der Waals surface area (Å²) in [4.78, 5) is 0. The molecular formula is C13H18O5. The molecule has 0 saturated carbocycles. The van der Waals surface area contributed by atoms with Crippen LogP contribution in [0.25, 0.3) is 0 Å². The molecule has 0 spiro atoms. The third kappa shape index (κ3) is 1.89. The van der Waals surface area contributed by atoms with Crippen molar-refractivity contribution in [1.29, 1.82) is 0 Å². The second-order valence-corrected chi connectivity index (χ2v) is 4.10. The highest BCUT2D eigenvalue weighted by Gasteiger charge is 2.43. The second-order valence-electron chi connectivity index (χ2n) is 4.10. The van der Waals surface area contributed by atoms with Gasteiger partial charge in [-0.15, -0.1) is 0 Å². The van der Waals surface area contributed by atoms with Crippen molar-refractivity contribution in [3.8, 4) is 17.2 Å². The topological polar surface area (TPSA) is 46.2 Å². The van der Waals surface area contributed by atoms with Crippen molar-refractivity contribution >= 4 is 0 Å². The first-order chi connectivity index (χ1) is 8.70. The molecule has 0 amide bonds. The van der Waals surface area contributed by atoms with Crippen molar-refractivity contribution in [2.45, 2.75) is 5.60 Å². The summed E-state index contributed by atoms with van der Waals surface area (Å²) >= 11 is 0. The van der Waals surface area contributed by atoms with Crippen molar-refractivity contribution in [2.24, 2.45) is 0 Å². The van der Waals surface area contributed by atoms with Gasteiger partial charge in [0.2, 0.25) is 0 Å². The number of methoxy groups -OCH3 is 4. The molecule has 100 valence electrons. The van der Waals surface area contributed by atoms with Gasteiger partial charge >= 0.3 is 0 Å². The highest BCUT2D eigenvalue weighted by atomic mass is 16.6. The highest BCUT2D eigenvalue weighted by molar-refractivity contribution is 5.53. The van der Waals surface area contributed by atoms with E-state index in [1.807, 2.05) is 6.07 Å². The molecule has 0 atom stereocenters. The maximum absolute atomic E-state index is 5.57. The van der Waals surface area contributed by atoms with E-state index in [0.717, 1.165) is 5.56 Å². The summed E-state index contributed by atoms with van der Waals surface area (Å²) in [5.74, 6) is 1.99. The Hall–Kier alpha value is -1.46. The summed E-state index contributed by atoms with van der Waals surface area (Å²) in [6, 6.07) is 3.68. The van der Waals surface area contributed by atoms with Crippen molar-refractivity contribution < 1.29 is 23.7 Å². The van der Waals surface area contributed by atoms with Gasteiger partial charge in [0, 0.05) is 18.7 Å². The lowest BCUT2D eigenvalue weighted by Gasteiger charge is -2.41. The van der Waals surface area contributed by atoms with Crippen LogP contribution in [0.1, 0.15) is 5.56 Å². The fraction of sp³-hybridized carbons (Fsp3) is 0.538. The van der Waals surface area contributed by atoms with E-state index in [9.17, 15) is 0 Å². The monoisotopic (exact) mass is 254 g/mol. The van der Waals surface area contributed by atoms with Crippen molar-refractivity contribution in [3.05, 3.63) is 17.7 Å². The van der Waals surface area contributed by atoms with Gasteiger partial charge in [-0.25, -0.2) is 0 Å². The molecule has 0 aromatic heterocycles. The predicted molar refractivity (Wildman–Crippen MR) is 65.6 cm³/mol. The van der Waals surface area contributed by atoms with E-state index in [-0.39, 0.29) is 0 Å². The van der Waals surface area contributed by atoms with Gasteiger partial charge in [-0.05, 0) is 6.07 Å². The smallest absolute Gasteiger partial charge is 0.164 e. The molecule has 5 nitrogen and oxygen atoms in total. The summed E-state index contributed by atoms with van der Waals surface area (Å²) in [6.45, 7) is 1.02. The Morgan fingerprint density at radius 1 is 0.889 bits per heavy atom. The second kappa shape index (κ2) is 5.04. The number of hydrogen-bond donors (Lipinski definition) is 0. The van der Waals surface area contributed by atoms with E-state index in [2.05, 4.69) is 0 Å². The molecule has 1 aromatic rings. The lowest BCUT2D eigenvalue weighted by Crippen LogP contribution is -2.48. The Kier molecular flexibility index (Phi) is 3.63. The van der Waals surface area contributed by atoms with Gasteiger partial charge in [-0.2, -0.15) is 0 Å². The summed E-state index contributed by atoms with van der Waals surface area (Å²) in [5, 5.41) is 0. The molecule has 0 bridgehead atoms. The standard InChI is InChI=1S/C13H18O5/c1-14-10-6-12(16-3)11(15-2)5-9(10)13(17-4)7-18-8-13/h5-6H,7-8H2,1-4H3. The average Bonchev–Trinajstić information content (AvgIpc) is 2.37. The summed E-state index contributed by atoms with van der Waals surface area (Å²) in [5.41, 5.74) is 0.460. The molecule has 18 heavy (non-hydrogen) atoms. The molecule has 1 saturated heterocycles. The van der Waals surface area contributed by atoms with Crippen LogP contribution in [0.4, 0.5) is 0 Å². The molecule has 5 heteroatoms. The Balaban J connectivity index is 2.51. The lowest BCUT2D eigenvalue weighted by atomic mass is 9.90. The van der Waals surface area contributed by atoms with Crippen LogP contribution in [0.2, 0.25) is 0 Å². The van der Waals surface area contributed by atoms with Crippen molar-refractivity contribution in [1.82, 2.24) is 0 Å². The zero-order chi connectivity index (χ0) is 13.2. The average molecular weight is 254 g/mol. The fourth-order valence-electron chi connectivity index (χ4n) is 2.06. The lowest BCUT2D eigenvalue weighted by molar-refractivity contribution is -0.203. The molecular weight excluding hydrogens is 236 g/mol. The van der Waals surface area contributed by atoms with Gasteiger partial charge in [-0.1, -0.05) is 0 Å². The van der Waals surface area contributed by atoms with Gasteiger partial charge in [0.05, 0.1) is 34.5 Å². The summed E-state index contributed by atoms with van der Waals surface area (Å²) in [7, 11) is 6.48. The van der Waals surface area contributed by atoms with Crippen molar-refractivity contribution in [2.75, 3.05) is 41.7 Å². The minimum atomic E-state index is -0.453. The van der Waals surface area contributed by atoms with Crippen LogP contribution in [0, 0.1) is 0 Å². The largest absolute Gasteiger partial charge is 0.496 e. The SMILES string of the molecule is COc1cc(OC)c(C2(OC)COC2)cc1OC. The van der Waals surface area contributed by atoms with Crippen LogP contribution in [0.5, 0.6) is 17.2 Å². The molecule has 0 unspecified atom stereocenters. The van der Waals surface area contributed by atoms with E-state index in [1.165, 1.54) is 0 Å². The minimum Gasteiger partial charge on any atom is -0.496 e. The van der Waals surface area contributed by atoms with Crippen LogP contribution < -0.4 is 14.2 Å². The van der Waals surface area contributed by atoms with E-state index in [4.69, 9.17) is 23.7 Å². The highest BCUT2D eigenvalue weighted by Crippen LogP contribution is 2.43. The number of rotatable bonds is 5. The maximum Gasteiger partial charge on any atom is 0.164 e. The number of hydrogen-bond acceptors (Lipinski definition) is 5. The first-order valence-corrected chi connectivity index (χ1v) is 5.64. The van der Waals surface area contributed by atoms with Gasteiger partial charge in [0.25, 0.3) is 0 Å². The Bertz CT molecular complexity index is 420. The van der Waals surface area contributed by atoms with Gasteiger partial charge in [-0.3, -0.25) is 0 Å². The molecule has 1 fully saturated rings. The van der Waals surface area contributed by atoms with E-state index >= 15 is 0 Å². The maximum atomic E-state index is 5.57. The minimum absolute atomic E-state index is 0.453. The zero-order valence-electron chi connectivity index (χ0n) is 11.1. The van der Waals surface area contributed by atoms with Crippen LogP contribution >= 0.6 is 0 Å². The van der Waals surface area contributed by atoms with Crippen LogP contribution in [-0.4, -0.2) is 41.7 Å². The third-order valence-electron chi connectivity index (χ3n) is 3.26. The summed E-state index contributed by atoms with van der Waals surface area (Å²) < 4.78 is 26.8. The van der Waals surface area contributed by atoms with Crippen molar-refractivity contribution in [3.63, 3.8) is 0 Å². The fourth-order valence-corrected chi connectivity index (χ4v) is 2.06. The van der Waals surface area contributed by atoms with Crippen LogP contribution in [0.15, 0.2) is 12.1 Å². The molecule has 0 N–H and O–H groups in total. The number of ether oxygens (including phenoxy) is 5. The first-order valence-electron chi connectivity index (χ1n) is 5.64. The Labute approximate surface area is 107 Å². The van der Waals surface area contributed by atoms with Crippen LogP contribution in [0.3, 0.4) is 0 Å². The molecule has 1 heterocycles. The van der Waals surface area contributed by atoms with Gasteiger partial charge < -0.3 is 23.7 Å². The van der Waals surface area contributed by atoms with Crippen LogP contribution in [-0.2, 0) is 15.1 Å². The molecule has 1 aliphatic rings. The van der Waals surface area contributed by atoms with E-state index in [0.29, 0.717) is 30.5 Å². The normalized spacial score (nSPS) is 16.9. The first kappa shape index (κ1) is 13.0.